The second kappa shape index (κ2) is 9.86. The summed E-state index contributed by atoms with van der Waals surface area (Å²) < 4.78 is 5.44. The van der Waals surface area contributed by atoms with Crippen LogP contribution in [0.25, 0.3) is 6.08 Å². The number of rotatable bonds is 7. The minimum Gasteiger partial charge on any atom is -0.482 e. The van der Waals surface area contributed by atoms with Crippen LogP contribution in [0.5, 0.6) is 5.75 Å². The maximum atomic E-state index is 12.3. The highest BCUT2D eigenvalue weighted by atomic mass is 35.5. The molecule has 0 atom stereocenters. The molecule has 2 aromatic rings. The van der Waals surface area contributed by atoms with Crippen molar-refractivity contribution in [2.24, 2.45) is 5.73 Å². The summed E-state index contributed by atoms with van der Waals surface area (Å²) in [6.45, 7) is -0.749. The number of halogens is 2. The Morgan fingerprint density at radius 2 is 1.84 bits per heavy atom. The van der Waals surface area contributed by atoms with Gasteiger partial charge in [-0.1, -0.05) is 29.3 Å². The molecule has 4 amide bonds. The number of amides is 4. The minimum absolute atomic E-state index is 0.137. The number of anilines is 1. The fraction of sp³-hybridized carbons (Fsp3) is 0.100. The minimum atomic E-state index is -0.784. The fourth-order valence-electron chi connectivity index (χ4n) is 2.54. The van der Waals surface area contributed by atoms with Crippen molar-refractivity contribution in [1.29, 1.82) is 0 Å². The van der Waals surface area contributed by atoms with Gasteiger partial charge in [-0.25, -0.2) is 0 Å². The first-order valence-electron chi connectivity index (χ1n) is 8.74. The van der Waals surface area contributed by atoms with Crippen molar-refractivity contribution in [3.05, 3.63) is 63.0 Å². The zero-order valence-corrected chi connectivity index (χ0v) is 18.1. The molecule has 0 spiro atoms. The van der Waals surface area contributed by atoms with Crippen LogP contribution in [0.3, 0.4) is 0 Å². The topological polar surface area (TPSA) is 119 Å². The average molecular weight is 480 g/mol. The lowest BCUT2D eigenvalue weighted by molar-refractivity contribution is -0.127. The smallest absolute Gasteiger partial charge is 0.294 e. The molecule has 1 aliphatic heterocycles. The lowest BCUT2D eigenvalue weighted by Crippen LogP contribution is -2.36. The van der Waals surface area contributed by atoms with Gasteiger partial charge in [0.25, 0.3) is 17.1 Å². The average Bonchev–Trinajstić information content (AvgIpc) is 2.96. The monoisotopic (exact) mass is 479 g/mol. The standard InChI is InChI=1S/C20H15Cl2N3O5S/c21-12-2-4-13(5-3-12)24-18(27)10-30-15-6-1-11(7-14(15)22)8-16-19(28)25(9-17(23)26)20(29)31-16/h1-8H,9-10H2,(H2,23,26)(H,24,27)/b16-8-. The third kappa shape index (κ3) is 6.00. The van der Waals surface area contributed by atoms with Crippen molar-refractivity contribution in [2.45, 2.75) is 0 Å². The van der Waals surface area contributed by atoms with E-state index in [4.69, 9.17) is 33.7 Å². The van der Waals surface area contributed by atoms with Crippen molar-refractivity contribution in [2.75, 3.05) is 18.5 Å². The summed E-state index contributed by atoms with van der Waals surface area (Å²) in [7, 11) is 0. The van der Waals surface area contributed by atoms with Gasteiger partial charge in [0.2, 0.25) is 5.91 Å². The molecule has 0 aliphatic carbocycles. The Hall–Kier alpha value is -3.01. The molecule has 1 aliphatic rings. The first-order chi connectivity index (χ1) is 14.7. The second-order valence-electron chi connectivity index (χ2n) is 6.27. The summed E-state index contributed by atoms with van der Waals surface area (Å²) >= 11 is 12.7. The number of nitrogens with two attached hydrogens (primary N) is 1. The summed E-state index contributed by atoms with van der Waals surface area (Å²) in [5.41, 5.74) is 6.16. The highest BCUT2D eigenvalue weighted by molar-refractivity contribution is 8.18. The number of primary amides is 1. The van der Waals surface area contributed by atoms with Crippen molar-refractivity contribution >= 4 is 69.7 Å². The van der Waals surface area contributed by atoms with Gasteiger partial charge in [0.1, 0.15) is 12.3 Å². The van der Waals surface area contributed by atoms with Gasteiger partial charge in [-0.3, -0.25) is 24.1 Å². The molecule has 2 aromatic carbocycles. The van der Waals surface area contributed by atoms with Crippen LogP contribution in [0, 0.1) is 0 Å². The molecule has 8 nitrogen and oxygen atoms in total. The summed E-state index contributed by atoms with van der Waals surface area (Å²) in [6, 6.07) is 11.3. The predicted octanol–water partition coefficient (Wildman–Crippen LogP) is 3.53. The maximum Gasteiger partial charge on any atom is 0.294 e. The van der Waals surface area contributed by atoms with Crippen LogP contribution in [-0.2, 0) is 14.4 Å². The molecule has 1 fully saturated rings. The van der Waals surface area contributed by atoms with Crippen LogP contribution >= 0.6 is 35.0 Å². The lowest BCUT2D eigenvalue weighted by Gasteiger charge is -2.10. The number of nitrogens with one attached hydrogen (secondary N) is 1. The Balaban J connectivity index is 1.62. The molecule has 1 saturated heterocycles. The van der Waals surface area contributed by atoms with Crippen LogP contribution in [0.1, 0.15) is 5.56 Å². The van der Waals surface area contributed by atoms with E-state index in [9.17, 15) is 19.2 Å². The van der Waals surface area contributed by atoms with E-state index in [1.165, 1.54) is 18.2 Å². The Labute approximate surface area is 191 Å². The van der Waals surface area contributed by atoms with Gasteiger partial charge in [0, 0.05) is 10.7 Å². The Kier molecular flexibility index (Phi) is 7.21. The highest BCUT2D eigenvalue weighted by Crippen LogP contribution is 2.33. The number of imide groups is 1. The predicted molar refractivity (Wildman–Crippen MR) is 119 cm³/mol. The highest BCUT2D eigenvalue weighted by Gasteiger charge is 2.35. The molecule has 0 unspecified atom stereocenters. The molecule has 3 N–H and O–H groups in total. The Morgan fingerprint density at radius 1 is 1.13 bits per heavy atom. The fourth-order valence-corrected chi connectivity index (χ4v) is 3.75. The van der Waals surface area contributed by atoms with Gasteiger partial charge in [-0.05, 0) is 59.8 Å². The molecular weight excluding hydrogens is 465 g/mol. The molecule has 0 aromatic heterocycles. The van der Waals surface area contributed by atoms with Gasteiger partial charge in [0.05, 0.1) is 9.93 Å². The van der Waals surface area contributed by atoms with Crippen LogP contribution in [0.2, 0.25) is 10.0 Å². The Morgan fingerprint density at radius 3 is 2.48 bits per heavy atom. The summed E-state index contributed by atoms with van der Waals surface area (Å²) in [5.74, 6) is -1.50. The van der Waals surface area contributed by atoms with E-state index in [0.29, 0.717) is 28.0 Å². The molecule has 3 rings (SSSR count). The SMILES string of the molecule is NC(=O)CN1C(=O)S/C(=C\c2ccc(OCC(=O)Nc3ccc(Cl)cc3)c(Cl)c2)C1=O. The van der Waals surface area contributed by atoms with Crippen LogP contribution in [0.4, 0.5) is 10.5 Å². The number of thioether (sulfide) groups is 1. The van der Waals surface area contributed by atoms with Gasteiger partial charge in [-0.2, -0.15) is 0 Å². The third-order valence-corrected chi connectivity index (χ3v) is 5.38. The summed E-state index contributed by atoms with van der Waals surface area (Å²) in [4.78, 5) is 48.1. The van der Waals surface area contributed by atoms with E-state index in [1.54, 1.807) is 30.3 Å². The quantitative estimate of drug-likeness (QED) is 0.586. The number of ether oxygens (including phenoxy) is 1. The molecule has 11 heteroatoms. The van der Waals surface area contributed by atoms with Crippen molar-refractivity contribution < 1.29 is 23.9 Å². The van der Waals surface area contributed by atoms with E-state index in [2.05, 4.69) is 5.32 Å². The first-order valence-corrected chi connectivity index (χ1v) is 10.3. The molecule has 160 valence electrons. The lowest BCUT2D eigenvalue weighted by atomic mass is 10.2. The number of carbonyl (C=O) groups is 4. The Bertz CT molecular complexity index is 1090. The maximum absolute atomic E-state index is 12.3. The largest absolute Gasteiger partial charge is 0.482 e. The van der Waals surface area contributed by atoms with E-state index < -0.39 is 23.6 Å². The zero-order valence-electron chi connectivity index (χ0n) is 15.8. The van der Waals surface area contributed by atoms with Crippen molar-refractivity contribution in [3.63, 3.8) is 0 Å². The summed E-state index contributed by atoms with van der Waals surface area (Å²) in [6.07, 6.45) is 1.47. The molecule has 0 saturated carbocycles. The summed E-state index contributed by atoms with van der Waals surface area (Å²) in [5, 5.41) is 2.85. The molecule has 0 bridgehead atoms. The van der Waals surface area contributed by atoms with Gasteiger partial charge in [-0.15, -0.1) is 0 Å². The van der Waals surface area contributed by atoms with Crippen LogP contribution in [-0.4, -0.2) is 41.0 Å². The number of carbonyl (C=O) groups excluding carboxylic acids is 4. The van der Waals surface area contributed by atoms with E-state index >= 15 is 0 Å². The third-order valence-electron chi connectivity index (χ3n) is 3.93. The molecule has 31 heavy (non-hydrogen) atoms. The van der Waals surface area contributed by atoms with E-state index in [-0.39, 0.29) is 28.2 Å². The number of benzene rings is 2. The zero-order chi connectivity index (χ0) is 22.5. The van der Waals surface area contributed by atoms with Gasteiger partial charge in [0.15, 0.2) is 6.61 Å². The van der Waals surface area contributed by atoms with E-state index in [1.807, 2.05) is 0 Å². The second-order valence-corrected chi connectivity index (χ2v) is 8.10. The van der Waals surface area contributed by atoms with Gasteiger partial charge < -0.3 is 15.8 Å². The van der Waals surface area contributed by atoms with Gasteiger partial charge >= 0.3 is 0 Å². The number of hydrogen-bond donors (Lipinski definition) is 2. The van der Waals surface area contributed by atoms with Crippen LogP contribution < -0.4 is 15.8 Å². The molecular formula is C20H15Cl2N3O5S. The van der Waals surface area contributed by atoms with Crippen molar-refractivity contribution in [1.82, 2.24) is 4.90 Å². The van der Waals surface area contributed by atoms with Crippen molar-refractivity contribution in [3.8, 4) is 5.75 Å². The number of hydrogen-bond acceptors (Lipinski definition) is 6. The van der Waals surface area contributed by atoms with Crippen LogP contribution in [0.15, 0.2) is 47.4 Å². The molecule has 0 radical (unpaired) electrons. The first kappa shape index (κ1) is 22.7. The molecule has 1 heterocycles. The normalized spacial score (nSPS) is 14.8. The van der Waals surface area contributed by atoms with E-state index in [0.717, 1.165) is 4.90 Å². The number of nitrogens with zero attached hydrogens (tertiary/aromatic N) is 1.